The van der Waals surface area contributed by atoms with Gasteiger partial charge in [0.1, 0.15) is 6.10 Å². The highest BCUT2D eigenvalue weighted by molar-refractivity contribution is 5.76. The number of hydrogen-bond acceptors (Lipinski definition) is 4. The third kappa shape index (κ3) is 27.4. The predicted molar refractivity (Wildman–Crippen MR) is 176 cm³/mol. The van der Waals surface area contributed by atoms with Crippen LogP contribution in [0.5, 0.6) is 0 Å². The van der Waals surface area contributed by atoms with Gasteiger partial charge < -0.3 is 20.6 Å². The highest BCUT2D eigenvalue weighted by atomic mass is 16.3. The van der Waals surface area contributed by atoms with Crippen molar-refractivity contribution in [2.45, 2.75) is 193 Å². The molecular weight excluding hydrogens is 510 g/mol. The molecule has 3 unspecified atom stereocenters. The van der Waals surface area contributed by atoms with Gasteiger partial charge in [-0.3, -0.25) is 4.79 Å². The smallest absolute Gasteiger partial charge is 0.220 e. The van der Waals surface area contributed by atoms with Crippen LogP contribution in [0.1, 0.15) is 174 Å². The number of carbonyl (C=O) groups is 1. The fourth-order valence-corrected chi connectivity index (χ4v) is 5.23. The maximum atomic E-state index is 12.3. The Morgan fingerprint density at radius 1 is 0.585 bits per heavy atom. The van der Waals surface area contributed by atoms with Gasteiger partial charge in [-0.1, -0.05) is 141 Å². The molecule has 0 saturated carbocycles. The average molecular weight is 580 g/mol. The molecule has 0 aliphatic heterocycles. The van der Waals surface area contributed by atoms with Crippen molar-refractivity contribution >= 4 is 5.91 Å². The fourth-order valence-electron chi connectivity index (χ4n) is 5.23. The van der Waals surface area contributed by atoms with Crippen LogP contribution in [0.3, 0.4) is 0 Å². The summed E-state index contributed by atoms with van der Waals surface area (Å²) in [5.41, 5.74) is 0. The number of carbonyl (C=O) groups excluding carboxylic acids is 1. The van der Waals surface area contributed by atoms with E-state index in [1.54, 1.807) is 0 Å². The van der Waals surface area contributed by atoms with Crippen molar-refractivity contribution < 1.29 is 20.1 Å². The van der Waals surface area contributed by atoms with Gasteiger partial charge in [0.15, 0.2) is 0 Å². The van der Waals surface area contributed by atoms with Crippen LogP contribution >= 0.6 is 0 Å². The number of aliphatic hydroxyl groups excluding tert-OH is 3. The Morgan fingerprint density at radius 2 is 1.00 bits per heavy atom. The van der Waals surface area contributed by atoms with E-state index in [1.807, 2.05) is 0 Å². The van der Waals surface area contributed by atoms with E-state index in [-0.39, 0.29) is 12.5 Å². The summed E-state index contributed by atoms with van der Waals surface area (Å²) in [4.78, 5) is 12.3. The first-order valence-corrected chi connectivity index (χ1v) is 17.6. The molecule has 0 radical (unpaired) electrons. The second kappa shape index (κ2) is 31.8. The summed E-state index contributed by atoms with van der Waals surface area (Å²) in [5, 5.41) is 33.2. The van der Waals surface area contributed by atoms with Crippen LogP contribution in [-0.2, 0) is 4.79 Å². The van der Waals surface area contributed by atoms with Crippen molar-refractivity contribution in [1.82, 2.24) is 5.32 Å². The quantitative estimate of drug-likeness (QED) is 0.0487. The molecule has 0 fully saturated rings. The summed E-state index contributed by atoms with van der Waals surface area (Å²) in [7, 11) is 0. The zero-order chi connectivity index (χ0) is 30.2. The number of amides is 1. The van der Waals surface area contributed by atoms with E-state index in [2.05, 4.69) is 43.5 Å². The summed E-state index contributed by atoms with van der Waals surface area (Å²) in [6.07, 6.45) is 35.5. The zero-order valence-corrected chi connectivity index (χ0v) is 27.2. The summed E-state index contributed by atoms with van der Waals surface area (Å²) in [6.45, 7) is 4.12. The molecule has 0 aliphatic carbocycles. The molecule has 5 heteroatoms. The van der Waals surface area contributed by atoms with Gasteiger partial charge in [0.05, 0.1) is 18.8 Å². The second-order valence-electron chi connectivity index (χ2n) is 12.1. The number of nitrogens with one attached hydrogen (secondary N) is 1. The van der Waals surface area contributed by atoms with Gasteiger partial charge in [0.2, 0.25) is 5.91 Å². The normalized spacial score (nSPS) is 14.2. The SMILES string of the molecule is CCCCCC/C=C/CC/C=C/CCCC(O)C(O)C(CO)NC(=O)CCCCCCCCCCCCCCCC. The lowest BCUT2D eigenvalue weighted by atomic mass is 10.0. The molecule has 0 saturated heterocycles. The van der Waals surface area contributed by atoms with Gasteiger partial charge in [-0.2, -0.15) is 0 Å². The Kier molecular flexibility index (Phi) is 30.9. The van der Waals surface area contributed by atoms with E-state index in [4.69, 9.17) is 0 Å². The Balaban J connectivity index is 3.77. The zero-order valence-electron chi connectivity index (χ0n) is 27.2. The second-order valence-corrected chi connectivity index (χ2v) is 12.1. The Hall–Kier alpha value is -1.17. The molecular formula is C36H69NO4. The number of aliphatic hydroxyl groups is 3. The van der Waals surface area contributed by atoms with Gasteiger partial charge in [0.25, 0.3) is 0 Å². The van der Waals surface area contributed by atoms with Crippen molar-refractivity contribution in [3.8, 4) is 0 Å². The van der Waals surface area contributed by atoms with E-state index in [9.17, 15) is 20.1 Å². The summed E-state index contributed by atoms with van der Waals surface area (Å²) >= 11 is 0. The molecule has 3 atom stereocenters. The molecule has 1 amide bonds. The number of allylic oxidation sites excluding steroid dienone is 4. The molecule has 0 bridgehead atoms. The first-order chi connectivity index (χ1) is 20.1. The van der Waals surface area contributed by atoms with Crippen LogP contribution in [0, 0.1) is 0 Å². The number of hydrogen-bond donors (Lipinski definition) is 4. The first-order valence-electron chi connectivity index (χ1n) is 17.6. The van der Waals surface area contributed by atoms with Crippen LogP contribution in [0.25, 0.3) is 0 Å². The molecule has 41 heavy (non-hydrogen) atoms. The maximum Gasteiger partial charge on any atom is 0.220 e. The minimum absolute atomic E-state index is 0.160. The van der Waals surface area contributed by atoms with Crippen molar-refractivity contribution in [2.24, 2.45) is 0 Å². The third-order valence-electron chi connectivity index (χ3n) is 8.04. The van der Waals surface area contributed by atoms with Crippen molar-refractivity contribution in [3.05, 3.63) is 24.3 Å². The Bertz CT molecular complexity index is 606. The molecule has 0 rings (SSSR count). The summed E-state index contributed by atoms with van der Waals surface area (Å²) < 4.78 is 0. The Labute approximate surface area is 254 Å². The molecule has 0 aliphatic rings. The van der Waals surface area contributed by atoms with E-state index in [0.29, 0.717) is 12.8 Å². The highest BCUT2D eigenvalue weighted by Gasteiger charge is 2.26. The van der Waals surface area contributed by atoms with Crippen LogP contribution in [0.2, 0.25) is 0 Å². The first kappa shape index (κ1) is 39.8. The van der Waals surface area contributed by atoms with Gasteiger partial charge in [-0.25, -0.2) is 0 Å². The lowest BCUT2D eigenvalue weighted by Gasteiger charge is -2.26. The van der Waals surface area contributed by atoms with Gasteiger partial charge >= 0.3 is 0 Å². The van der Waals surface area contributed by atoms with Crippen LogP contribution in [0.15, 0.2) is 24.3 Å². The number of rotatable bonds is 31. The average Bonchev–Trinajstić information content (AvgIpc) is 2.97. The highest BCUT2D eigenvalue weighted by Crippen LogP contribution is 2.14. The molecule has 242 valence electrons. The summed E-state index contributed by atoms with van der Waals surface area (Å²) in [6, 6.07) is -0.826. The standard InChI is InChI=1S/C36H69NO4/c1-3-5-7-9-11-13-15-17-19-21-23-25-27-29-31-35(40)37-33(32-38)36(41)34(39)30-28-26-24-22-20-18-16-14-12-10-8-6-4-2/h14,16,22,24,33-34,36,38-39,41H,3-13,15,17-21,23,25-32H2,1-2H3,(H,37,40)/b16-14+,24-22+. The lowest BCUT2D eigenvalue weighted by Crippen LogP contribution is -2.50. The van der Waals surface area contributed by atoms with Crippen molar-refractivity contribution in [2.75, 3.05) is 6.61 Å². The van der Waals surface area contributed by atoms with E-state index in [0.717, 1.165) is 44.9 Å². The molecule has 0 aromatic heterocycles. The minimum atomic E-state index is -1.16. The largest absolute Gasteiger partial charge is 0.394 e. The predicted octanol–water partition coefficient (Wildman–Crippen LogP) is 9.09. The number of unbranched alkanes of at least 4 members (excludes halogenated alkanes) is 19. The fraction of sp³-hybridized carbons (Fsp3) is 0.861. The van der Waals surface area contributed by atoms with Gasteiger partial charge in [0, 0.05) is 6.42 Å². The van der Waals surface area contributed by atoms with E-state index < -0.39 is 18.2 Å². The van der Waals surface area contributed by atoms with E-state index >= 15 is 0 Å². The molecule has 4 N–H and O–H groups in total. The molecule has 0 heterocycles. The third-order valence-corrected chi connectivity index (χ3v) is 8.04. The molecule has 0 aromatic carbocycles. The summed E-state index contributed by atoms with van der Waals surface area (Å²) in [5.74, 6) is -0.160. The van der Waals surface area contributed by atoms with Crippen LogP contribution in [0.4, 0.5) is 0 Å². The molecule has 0 spiro atoms. The molecule has 0 aromatic rings. The van der Waals surface area contributed by atoms with Gasteiger partial charge in [-0.05, 0) is 51.4 Å². The van der Waals surface area contributed by atoms with Gasteiger partial charge in [-0.15, -0.1) is 0 Å². The van der Waals surface area contributed by atoms with Crippen LogP contribution in [-0.4, -0.2) is 46.1 Å². The van der Waals surface area contributed by atoms with Crippen LogP contribution < -0.4 is 5.32 Å². The Morgan fingerprint density at radius 3 is 1.49 bits per heavy atom. The van der Waals surface area contributed by atoms with E-state index in [1.165, 1.54) is 103 Å². The topological polar surface area (TPSA) is 89.8 Å². The lowest BCUT2D eigenvalue weighted by molar-refractivity contribution is -0.124. The van der Waals surface area contributed by atoms with Crippen molar-refractivity contribution in [3.63, 3.8) is 0 Å². The maximum absolute atomic E-state index is 12.3. The monoisotopic (exact) mass is 580 g/mol. The molecule has 5 nitrogen and oxygen atoms in total. The van der Waals surface area contributed by atoms with Crippen molar-refractivity contribution in [1.29, 1.82) is 0 Å². The minimum Gasteiger partial charge on any atom is -0.394 e.